The van der Waals surface area contributed by atoms with Gasteiger partial charge >= 0.3 is 207 Å². The summed E-state index contributed by atoms with van der Waals surface area (Å²) < 4.78 is 0. The van der Waals surface area contributed by atoms with Gasteiger partial charge in [-0.3, -0.25) is 0 Å². The second-order valence-electron chi connectivity index (χ2n) is 1.20. The van der Waals surface area contributed by atoms with E-state index in [0.717, 1.165) is 0 Å². The molecular formula is H18Ca5O8Si2. The molecule has 8 N–H and O–H groups in total. The molecule has 84 valence electrons. The van der Waals surface area contributed by atoms with Crippen LogP contribution >= 0.6 is 0 Å². The zero-order chi connectivity index (χ0) is 9.00. The third-order valence-electron chi connectivity index (χ3n) is 0. The quantitative estimate of drug-likeness (QED) is 0.185. The second kappa shape index (κ2) is 22.7. The summed E-state index contributed by atoms with van der Waals surface area (Å²) >= 11 is 0. The van der Waals surface area contributed by atoms with Crippen LogP contribution < -0.4 is 0 Å². The molecule has 0 heterocycles. The Kier molecular flexibility index (Phi) is 65.0. The van der Waals surface area contributed by atoms with E-state index in [1.807, 2.05) is 0 Å². The van der Waals surface area contributed by atoms with Crippen LogP contribution in [-0.2, 0) is 0 Å². The van der Waals surface area contributed by atoms with E-state index in [1.165, 1.54) is 0 Å². The fourth-order valence-corrected chi connectivity index (χ4v) is 0. The predicted octanol–water partition coefficient (Wildman–Crippen LogP) is -9.80. The fraction of sp³-hybridized carbons (Fsp3) is 0. The Bertz CT molecular complexity index is 64.0. The molecule has 0 aliphatic carbocycles. The van der Waals surface area contributed by atoms with Crippen LogP contribution in [0.25, 0.3) is 0 Å². The zero-order valence-corrected chi connectivity index (χ0v) is 6.58. The van der Waals surface area contributed by atoms with Gasteiger partial charge in [0.15, 0.2) is 0 Å². The van der Waals surface area contributed by atoms with Gasteiger partial charge in [0.2, 0.25) is 0 Å². The van der Waals surface area contributed by atoms with Crippen LogP contribution in [0, 0.1) is 0 Å². The van der Waals surface area contributed by atoms with Crippen LogP contribution in [0.3, 0.4) is 0 Å². The molecular weight excluding hydrogens is 385 g/mol. The summed E-state index contributed by atoms with van der Waals surface area (Å²) in [7, 11) is -9.22. The molecule has 0 amide bonds. The van der Waals surface area contributed by atoms with E-state index in [4.69, 9.17) is 38.4 Å². The van der Waals surface area contributed by atoms with Gasteiger partial charge in [-0.15, -0.1) is 0 Å². The Balaban J connectivity index is -0.0000000128. The van der Waals surface area contributed by atoms with Crippen LogP contribution in [0.4, 0.5) is 0 Å². The van der Waals surface area contributed by atoms with Crippen LogP contribution in [0.2, 0.25) is 0 Å². The molecule has 0 saturated heterocycles. The van der Waals surface area contributed by atoms with Crippen molar-refractivity contribution in [2.24, 2.45) is 0 Å². The molecule has 0 bridgehead atoms. The molecule has 0 unspecified atom stereocenters. The van der Waals surface area contributed by atoms with E-state index >= 15 is 0 Å². The van der Waals surface area contributed by atoms with Crippen LogP contribution in [0.15, 0.2) is 0 Å². The average molecular weight is 403 g/mol. The number of hydrogen-bond acceptors (Lipinski definition) is 8. The number of rotatable bonds is 0. The van der Waals surface area contributed by atoms with Crippen molar-refractivity contribution >= 4 is 207 Å². The first-order valence-corrected chi connectivity index (χ1v) is 5.37. The molecule has 0 atom stereocenters. The molecule has 0 radical (unpaired) electrons. The Hall–Kier alpha value is 6.41. The second-order valence-corrected chi connectivity index (χ2v) is 3.60. The standard InChI is InChI=1S/5Ca.2H4O4Si.10H/c;;;;;2*1-5(2,3)4;;;;;;;;;;/h;;;;;2*1-4H;;;;;;;;;;. The van der Waals surface area contributed by atoms with Gasteiger partial charge in [0.25, 0.3) is 0 Å². The van der Waals surface area contributed by atoms with Crippen LogP contribution in [0.5, 0.6) is 0 Å². The van der Waals surface area contributed by atoms with Crippen molar-refractivity contribution in [3.8, 4) is 0 Å². The van der Waals surface area contributed by atoms with Crippen LogP contribution in [0.1, 0.15) is 0 Å². The average Bonchev–Trinajstić information content (AvgIpc) is 1.12. The molecule has 8 nitrogen and oxygen atoms in total. The van der Waals surface area contributed by atoms with E-state index in [-0.39, 0.29) is 189 Å². The van der Waals surface area contributed by atoms with E-state index in [1.54, 1.807) is 0 Å². The van der Waals surface area contributed by atoms with Crippen molar-refractivity contribution in [3.05, 3.63) is 0 Å². The van der Waals surface area contributed by atoms with Gasteiger partial charge in [-0.2, -0.15) is 0 Å². The summed E-state index contributed by atoms with van der Waals surface area (Å²) in [5, 5.41) is 0. The van der Waals surface area contributed by atoms with Gasteiger partial charge in [0.05, 0.1) is 0 Å². The first-order valence-electron chi connectivity index (χ1n) is 1.79. The molecule has 0 aromatic carbocycles. The van der Waals surface area contributed by atoms with Gasteiger partial charge in [-0.1, -0.05) is 0 Å². The van der Waals surface area contributed by atoms with E-state index in [0.29, 0.717) is 0 Å². The third-order valence-corrected chi connectivity index (χ3v) is 0. The first-order chi connectivity index (χ1) is 4.00. The number of hydrogen-bond donors (Lipinski definition) is 8. The van der Waals surface area contributed by atoms with E-state index in [9.17, 15) is 0 Å². The maximum absolute atomic E-state index is 7.33. The molecule has 0 spiro atoms. The summed E-state index contributed by atoms with van der Waals surface area (Å²) in [5.74, 6) is 0. The molecule has 0 aliphatic rings. The molecule has 0 aliphatic heterocycles. The maximum atomic E-state index is 7.33. The van der Waals surface area contributed by atoms with Crippen molar-refractivity contribution in [2.75, 3.05) is 0 Å². The normalized spacial score (nSPS) is 8.00. The van der Waals surface area contributed by atoms with E-state index < -0.39 is 18.1 Å². The summed E-state index contributed by atoms with van der Waals surface area (Å²) in [5.41, 5.74) is 0. The SMILES string of the molecule is O[Si](O)(O)O.O[Si](O)(O)O.[CaH2].[CaH2].[CaH2].[CaH2].[CaH2]. The van der Waals surface area contributed by atoms with Gasteiger partial charge in [-0.25, -0.2) is 0 Å². The van der Waals surface area contributed by atoms with Gasteiger partial charge < -0.3 is 38.4 Å². The van der Waals surface area contributed by atoms with E-state index in [2.05, 4.69) is 0 Å². The molecule has 0 fully saturated rings. The monoisotopic (exact) mass is 402 g/mol. The van der Waals surface area contributed by atoms with Crippen LogP contribution in [-0.4, -0.2) is 245 Å². The summed E-state index contributed by atoms with van der Waals surface area (Å²) in [6.45, 7) is 0. The minimum absolute atomic E-state index is 0. The Labute approximate surface area is 238 Å². The van der Waals surface area contributed by atoms with Crippen molar-refractivity contribution in [1.82, 2.24) is 0 Å². The molecule has 0 aromatic heterocycles. The molecule has 15 heavy (non-hydrogen) atoms. The molecule has 0 aromatic rings. The first kappa shape index (κ1) is 43.0. The Morgan fingerprint density at radius 2 is 0.333 bits per heavy atom. The zero-order valence-electron chi connectivity index (χ0n) is 4.58. The molecule has 0 saturated carbocycles. The van der Waals surface area contributed by atoms with Crippen molar-refractivity contribution in [2.45, 2.75) is 0 Å². The minimum atomic E-state index is -4.61. The van der Waals surface area contributed by atoms with Gasteiger partial charge in [-0.05, 0) is 0 Å². The van der Waals surface area contributed by atoms with Gasteiger partial charge in [0.1, 0.15) is 0 Å². The van der Waals surface area contributed by atoms with Crippen molar-refractivity contribution in [1.29, 1.82) is 0 Å². The molecule has 15 heteroatoms. The summed E-state index contributed by atoms with van der Waals surface area (Å²) in [6.07, 6.45) is 0. The predicted molar refractivity (Wildman–Crippen MR) is 72.0 cm³/mol. The Morgan fingerprint density at radius 3 is 0.333 bits per heavy atom. The summed E-state index contributed by atoms with van der Waals surface area (Å²) in [4.78, 5) is 58.6. The topological polar surface area (TPSA) is 162 Å². The summed E-state index contributed by atoms with van der Waals surface area (Å²) in [6, 6.07) is 0. The third kappa shape index (κ3) is 168. The Morgan fingerprint density at radius 1 is 0.333 bits per heavy atom. The fourth-order valence-electron chi connectivity index (χ4n) is 0. The van der Waals surface area contributed by atoms with Crippen molar-refractivity contribution in [3.63, 3.8) is 0 Å². The van der Waals surface area contributed by atoms with Gasteiger partial charge in [0, 0.05) is 0 Å². The van der Waals surface area contributed by atoms with Crippen molar-refractivity contribution < 1.29 is 38.4 Å². The molecule has 0 rings (SSSR count).